The number of fused-ring (bicyclic) bond motifs is 1. The predicted molar refractivity (Wildman–Crippen MR) is 118 cm³/mol. The second kappa shape index (κ2) is 7.84. The summed E-state index contributed by atoms with van der Waals surface area (Å²) in [5.41, 5.74) is 2.28. The van der Waals surface area contributed by atoms with E-state index >= 15 is 0 Å². The van der Waals surface area contributed by atoms with Crippen LogP contribution in [0.5, 0.6) is 0 Å². The zero-order valence-corrected chi connectivity index (χ0v) is 19.3. The van der Waals surface area contributed by atoms with Crippen molar-refractivity contribution >= 4 is 27.8 Å². The highest BCUT2D eigenvalue weighted by Crippen LogP contribution is 2.47. The van der Waals surface area contributed by atoms with Gasteiger partial charge in [0.2, 0.25) is 0 Å². The Hall–Kier alpha value is -2.15. The number of carbonyl (C=O) groups is 2. The summed E-state index contributed by atoms with van der Waals surface area (Å²) in [5, 5.41) is 4.52. The Bertz CT molecular complexity index is 940. The van der Waals surface area contributed by atoms with Crippen molar-refractivity contribution in [1.29, 1.82) is 0 Å². The zero-order valence-electron chi connectivity index (χ0n) is 17.7. The third kappa shape index (κ3) is 3.80. The normalized spacial score (nSPS) is 20.9. The third-order valence-corrected chi connectivity index (χ3v) is 7.63. The molecule has 2 aromatic rings. The monoisotopic (exact) mass is 473 g/mol. The van der Waals surface area contributed by atoms with Gasteiger partial charge in [-0.05, 0) is 51.0 Å². The van der Waals surface area contributed by atoms with Crippen LogP contribution in [0.15, 0.2) is 36.5 Å². The highest BCUT2D eigenvalue weighted by Gasteiger charge is 2.50. The number of hydrogen-bond acceptors (Lipinski definition) is 4. The standard InChI is InChI=1S/C23H28BrN3O3/c1-22(2,3)27-18-17(14-25-27)13-23(20(24)19(18)28)9-11-26(12-10-23)21(29)30-15-16-7-5-4-6-8-16/h4-8,14,20H,9-13,15H2,1-3H3. The van der Waals surface area contributed by atoms with Crippen LogP contribution in [-0.2, 0) is 23.3 Å². The molecule has 0 bridgehead atoms. The Morgan fingerprint density at radius 2 is 1.90 bits per heavy atom. The number of ketones is 1. The number of carbonyl (C=O) groups excluding carboxylic acids is 2. The van der Waals surface area contributed by atoms with E-state index in [4.69, 9.17) is 4.74 Å². The molecule has 2 heterocycles. The van der Waals surface area contributed by atoms with Crippen molar-refractivity contribution in [3.05, 3.63) is 53.3 Å². The highest BCUT2D eigenvalue weighted by molar-refractivity contribution is 9.10. The summed E-state index contributed by atoms with van der Waals surface area (Å²) in [6.07, 6.45) is 3.88. The van der Waals surface area contributed by atoms with Gasteiger partial charge in [-0.15, -0.1) is 0 Å². The Morgan fingerprint density at radius 1 is 1.23 bits per heavy atom. The van der Waals surface area contributed by atoms with Gasteiger partial charge in [0.1, 0.15) is 12.3 Å². The summed E-state index contributed by atoms with van der Waals surface area (Å²) in [7, 11) is 0. The van der Waals surface area contributed by atoms with Crippen molar-refractivity contribution < 1.29 is 14.3 Å². The number of halogens is 1. The quantitative estimate of drug-likeness (QED) is 0.599. The molecule has 4 rings (SSSR count). The minimum atomic E-state index is -0.289. The fourth-order valence-electron chi connectivity index (χ4n) is 4.53. The summed E-state index contributed by atoms with van der Waals surface area (Å²) < 4.78 is 7.33. The smallest absolute Gasteiger partial charge is 0.410 e. The maximum atomic E-state index is 13.3. The Balaban J connectivity index is 1.43. The van der Waals surface area contributed by atoms with Crippen LogP contribution in [0.4, 0.5) is 4.79 Å². The fourth-order valence-corrected chi connectivity index (χ4v) is 5.36. The van der Waals surface area contributed by atoms with E-state index in [1.807, 2.05) is 41.2 Å². The lowest BCUT2D eigenvalue weighted by molar-refractivity contribution is 0.0544. The van der Waals surface area contributed by atoms with Crippen molar-refractivity contribution in [3.8, 4) is 0 Å². The lowest BCUT2D eigenvalue weighted by Crippen LogP contribution is -2.52. The molecular formula is C23H28BrN3O3. The maximum absolute atomic E-state index is 13.3. The lowest BCUT2D eigenvalue weighted by atomic mass is 9.67. The van der Waals surface area contributed by atoms with Gasteiger partial charge in [-0.25, -0.2) is 4.79 Å². The molecule has 160 valence electrons. The maximum Gasteiger partial charge on any atom is 0.410 e. The number of piperidine rings is 1. The molecule has 1 unspecified atom stereocenters. The molecule has 1 saturated heterocycles. The molecule has 1 spiro atoms. The number of hydrogen-bond donors (Lipinski definition) is 0. The first-order valence-corrected chi connectivity index (χ1v) is 11.3. The molecule has 1 aromatic carbocycles. The molecule has 1 aromatic heterocycles. The first kappa shape index (κ1) is 21.1. The largest absolute Gasteiger partial charge is 0.445 e. The van der Waals surface area contributed by atoms with Crippen molar-refractivity contribution in [2.45, 2.75) is 57.0 Å². The van der Waals surface area contributed by atoms with Gasteiger partial charge < -0.3 is 9.64 Å². The molecule has 0 saturated carbocycles. The molecule has 6 nitrogen and oxygen atoms in total. The van der Waals surface area contributed by atoms with Crippen LogP contribution in [0.2, 0.25) is 0 Å². The van der Waals surface area contributed by atoms with Crippen LogP contribution < -0.4 is 0 Å². The summed E-state index contributed by atoms with van der Waals surface area (Å²) in [4.78, 5) is 27.3. The molecule has 1 fully saturated rings. The average Bonchev–Trinajstić information content (AvgIpc) is 3.16. The van der Waals surface area contributed by atoms with Crippen molar-refractivity contribution in [1.82, 2.24) is 14.7 Å². The van der Waals surface area contributed by atoms with Crippen LogP contribution >= 0.6 is 15.9 Å². The number of ether oxygens (including phenoxy) is 1. The number of amides is 1. The van der Waals surface area contributed by atoms with Gasteiger partial charge in [0.15, 0.2) is 5.78 Å². The topological polar surface area (TPSA) is 64.4 Å². The second-order valence-electron chi connectivity index (χ2n) is 9.39. The molecule has 1 atom stereocenters. The molecule has 0 radical (unpaired) electrons. The van der Waals surface area contributed by atoms with Crippen molar-refractivity contribution in [3.63, 3.8) is 0 Å². The molecule has 2 aliphatic rings. The van der Waals surface area contributed by atoms with Gasteiger partial charge in [0, 0.05) is 18.7 Å². The Labute approximate surface area is 185 Å². The van der Waals surface area contributed by atoms with E-state index in [2.05, 4.69) is 41.8 Å². The van der Waals surface area contributed by atoms with Gasteiger partial charge in [0.25, 0.3) is 0 Å². The van der Waals surface area contributed by atoms with Crippen LogP contribution in [-0.4, -0.2) is 44.5 Å². The summed E-state index contributed by atoms with van der Waals surface area (Å²) >= 11 is 3.72. The van der Waals surface area contributed by atoms with Gasteiger partial charge in [-0.1, -0.05) is 46.3 Å². The number of aromatic nitrogens is 2. The van der Waals surface area contributed by atoms with Gasteiger partial charge in [-0.2, -0.15) is 5.10 Å². The van der Waals surface area contributed by atoms with Crippen molar-refractivity contribution in [2.24, 2.45) is 5.41 Å². The zero-order chi connectivity index (χ0) is 21.5. The third-order valence-electron chi connectivity index (χ3n) is 6.25. The van der Waals surface area contributed by atoms with E-state index in [9.17, 15) is 9.59 Å². The molecular weight excluding hydrogens is 446 g/mol. The van der Waals surface area contributed by atoms with E-state index in [1.165, 1.54) is 0 Å². The lowest BCUT2D eigenvalue weighted by Gasteiger charge is -2.46. The Kier molecular flexibility index (Phi) is 5.51. The van der Waals surface area contributed by atoms with Gasteiger partial charge >= 0.3 is 6.09 Å². The number of rotatable bonds is 2. The molecule has 1 aliphatic heterocycles. The Morgan fingerprint density at radius 3 is 2.53 bits per heavy atom. The molecule has 0 N–H and O–H groups in total. The number of nitrogens with zero attached hydrogens (tertiary/aromatic N) is 3. The van der Waals surface area contributed by atoms with E-state index in [-0.39, 0.29) is 34.3 Å². The number of alkyl halides is 1. The van der Waals surface area contributed by atoms with Gasteiger partial charge in [0.05, 0.1) is 16.6 Å². The molecule has 30 heavy (non-hydrogen) atoms. The minimum Gasteiger partial charge on any atom is -0.445 e. The fraction of sp³-hybridized carbons (Fsp3) is 0.522. The second-order valence-corrected chi connectivity index (χ2v) is 10.3. The molecule has 7 heteroatoms. The van der Waals surface area contributed by atoms with E-state index in [0.717, 1.165) is 36.1 Å². The van der Waals surface area contributed by atoms with Crippen molar-refractivity contribution in [2.75, 3.05) is 13.1 Å². The summed E-state index contributed by atoms with van der Waals surface area (Å²) in [5.74, 6) is 0.101. The van der Waals surface area contributed by atoms with E-state index in [1.54, 1.807) is 4.90 Å². The van der Waals surface area contributed by atoms with Crippen LogP contribution in [0.1, 0.15) is 55.2 Å². The van der Waals surface area contributed by atoms with Gasteiger partial charge in [-0.3, -0.25) is 9.48 Å². The predicted octanol–water partition coefficient (Wildman–Crippen LogP) is 4.56. The number of benzene rings is 1. The van der Waals surface area contributed by atoms with Crippen LogP contribution in [0.25, 0.3) is 0 Å². The van der Waals surface area contributed by atoms with Crippen LogP contribution in [0, 0.1) is 5.41 Å². The SMILES string of the molecule is CC(C)(C)n1ncc2c1C(=O)C(Br)C1(CCN(C(=O)OCc3ccccc3)CC1)C2. The summed E-state index contributed by atoms with van der Waals surface area (Å²) in [6, 6.07) is 9.68. The molecule has 1 amide bonds. The van der Waals surface area contributed by atoms with Crippen LogP contribution in [0.3, 0.4) is 0 Å². The average molecular weight is 474 g/mol. The highest BCUT2D eigenvalue weighted by atomic mass is 79.9. The molecule has 1 aliphatic carbocycles. The first-order valence-electron chi connectivity index (χ1n) is 10.4. The minimum absolute atomic E-state index is 0.101. The first-order chi connectivity index (χ1) is 14.2. The van der Waals surface area contributed by atoms with E-state index in [0.29, 0.717) is 13.1 Å². The van der Waals surface area contributed by atoms with E-state index < -0.39 is 0 Å². The number of Topliss-reactive ketones (excluding diaryl/α,β-unsaturated/α-hetero) is 1. The summed E-state index contributed by atoms with van der Waals surface area (Å²) in [6.45, 7) is 7.62. The number of likely N-dealkylation sites (tertiary alicyclic amines) is 1.